The molecule has 3 rings (SSSR count). The Morgan fingerprint density at radius 1 is 0.935 bits per heavy atom. The van der Waals surface area contributed by atoms with Gasteiger partial charge >= 0.3 is 0 Å². The normalized spacial score (nSPS) is 11.8. The summed E-state index contributed by atoms with van der Waals surface area (Å²) in [6.07, 6.45) is 3.28. The lowest BCUT2D eigenvalue weighted by Gasteiger charge is -2.15. The molecule has 0 heterocycles. The number of halogens is 2. The van der Waals surface area contributed by atoms with Crippen LogP contribution in [0.3, 0.4) is 0 Å². The molecular formula is C25H25I2NO3. The molecule has 3 aromatic carbocycles. The van der Waals surface area contributed by atoms with Crippen LogP contribution < -0.4 is 10.5 Å². The molecule has 0 saturated heterocycles. The Morgan fingerprint density at radius 3 is 2.23 bits per heavy atom. The van der Waals surface area contributed by atoms with Gasteiger partial charge in [0.1, 0.15) is 17.3 Å². The lowest BCUT2D eigenvalue weighted by Crippen LogP contribution is -2.24. The van der Waals surface area contributed by atoms with Crippen LogP contribution in [0.25, 0.3) is 0 Å². The van der Waals surface area contributed by atoms with Gasteiger partial charge in [-0.15, -0.1) is 0 Å². The summed E-state index contributed by atoms with van der Waals surface area (Å²) < 4.78 is 7.99. The summed E-state index contributed by atoms with van der Waals surface area (Å²) in [4.78, 5) is 12.2. The maximum Gasteiger partial charge on any atom is 0.154 e. The van der Waals surface area contributed by atoms with Gasteiger partial charge in [-0.3, -0.25) is 4.79 Å². The largest absolute Gasteiger partial charge is 0.508 e. The van der Waals surface area contributed by atoms with Crippen molar-refractivity contribution in [2.75, 3.05) is 0 Å². The van der Waals surface area contributed by atoms with E-state index in [1.165, 1.54) is 5.56 Å². The molecule has 3 aromatic rings. The van der Waals surface area contributed by atoms with Gasteiger partial charge in [-0.05, 0) is 112 Å². The number of phenols is 1. The van der Waals surface area contributed by atoms with Gasteiger partial charge in [-0.25, -0.2) is 0 Å². The van der Waals surface area contributed by atoms with Crippen LogP contribution in [0.4, 0.5) is 0 Å². The molecule has 31 heavy (non-hydrogen) atoms. The summed E-state index contributed by atoms with van der Waals surface area (Å²) in [6, 6.07) is 20.9. The fourth-order valence-electron chi connectivity index (χ4n) is 3.26. The maximum absolute atomic E-state index is 12.2. The first-order valence-corrected chi connectivity index (χ1v) is 12.3. The SMILES string of the molecule is N[C@H](CCC(=O)CCc1ccccc1)Cc1cc(I)c(Oc2ccc(O)cc2)c(I)c1. The minimum absolute atomic E-state index is 0.0591. The molecule has 0 aliphatic rings. The summed E-state index contributed by atoms with van der Waals surface area (Å²) in [5.41, 5.74) is 8.65. The van der Waals surface area contributed by atoms with Gasteiger partial charge in [0.2, 0.25) is 0 Å². The van der Waals surface area contributed by atoms with Gasteiger partial charge < -0.3 is 15.6 Å². The first-order valence-electron chi connectivity index (χ1n) is 10.2. The number of carbonyl (C=O) groups is 1. The van der Waals surface area contributed by atoms with Crippen molar-refractivity contribution in [3.63, 3.8) is 0 Å². The molecule has 3 N–H and O–H groups in total. The first-order chi connectivity index (χ1) is 14.9. The van der Waals surface area contributed by atoms with Gasteiger partial charge in [0, 0.05) is 18.9 Å². The van der Waals surface area contributed by atoms with Crippen LogP contribution in [0.2, 0.25) is 0 Å². The Balaban J connectivity index is 1.50. The number of hydrogen-bond acceptors (Lipinski definition) is 4. The second-order valence-electron chi connectivity index (χ2n) is 7.51. The molecule has 0 aromatic heterocycles. The Kier molecular flexibility index (Phi) is 9.15. The van der Waals surface area contributed by atoms with E-state index < -0.39 is 0 Å². The van der Waals surface area contributed by atoms with Crippen LogP contribution in [-0.2, 0) is 17.6 Å². The Morgan fingerprint density at radius 2 is 1.58 bits per heavy atom. The quantitative estimate of drug-likeness (QED) is 0.257. The van der Waals surface area contributed by atoms with E-state index in [-0.39, 0.29) is 17.6 Å². The van der Waals surface area contributed by atoms with Gasteiger partial charge in [-0.2, -0.15) is 0 Å². The van der Waals surface area contributed by atoms with Crippen molar-refractivity contribution in [3.8, 4) is 17.2 Å². The van der Waals surface area contributed by atoms with E-state index in [1.807, 2.05) is 18.2 Å². The van der Waals surface area contributed by atoms with E-state index >= 15 is 0 Å². The predicted molar refractivity (Wildman–Crippen MR) is 141 cm³/mol. The molecule has 0 aliphatic carbocycles. The number of rotatable bonds is 10. The zero-order chi connectivity index (χ0) is 22.2. The highest BCUT2D eigenvalue weighted by Crippen LogP contribution is 2.33. The number of aryl methyl sites for hydroxylation is 1. The molecule has 0 fully saturated rings. The average Bonchev–Trinajstić information content (AvgIpc) is 2.75. The van der Waals surface area contributed by atoms with Gasteiger partial charge in [0.25, 0.3) is 0 Å². The fraction of sp³-hybridized carbons (Fsp3) is 0.240. The number of carbonyl (C=O) groups excluding carboxylic acids is 1. The third-order valence-electron chi connectivity index (χ3n) is 4.94. The highest BCUT2D eigenvalue weighted by atomic mass is 127. The average molecular weight is 641 g/mol. The number of ketones is 1. The van der Waals surface area contributed by atoms with Crippen molar-refractivity contribution >= 4 is 51.0 Å². The van der Waals surface area contributed by atoms with Crippen LogP contribution in [0.15, 0.2) is 66.7 Å². The number of ether oxygens (including phenoxy) is 1. The molecule has 0 aliphatic heterocycles. The summed E-state index contributed by atoms with van der Waals surface area (Å²) in [6.45, 7) is 0. The number of phenolic OH excluding ortho intramolecular Hbond substituents is 1. The molecule has 4 nitrogen and oxygen atoms in total. The fourth-order valence-corrected chi connectivity index (χ4v) is 5.38. The summed E-state index contributed by atoms with van der Waals surface area (Å²) in [5.74, 6) is 1.94. The predicted octanol–water partition coefficient (Wildman–Crippen LogP) is 6.25. The first kappa shape index (κ1) is 24.0. The maximum atomic E-state index is 12.2. The van der Waals surface area contributed by atoms with Crippen molar-refractivity contribution in [2.24, 2.45) is 5.73 Å². The van der Waals surface area contributed by atoms with Gasteiger partial charge in [0.15, 0.2) is 5.75 Å². The second-order valence-corrected chi connectivity index (χ2v) is 9.84. The summed E-state index contributed by atoms with van der Waals surface area (Å²) in [7, 11) is 0. The van der Waals surface area contributed by atoms with Crippen LogP contribution in [-0.4, -0.2) is 16.9 Å². The third kappa shape index (κ3) is 7.76. The number of Topliss-reactive ketones (excluding diaryl/α,β-unsaturated/α-hetero) is 1. The van der Waals surface area contributed by atoms with Crippen molar-refractivity contribution in [1.29, 1.82) is 0 Å². The minimum Gasteiger partial charge on any atom is -0.508 e. The Bertz CT molecular complexity index is 984. The smallest absolute Gasteiger partial charge is 0.154 e. The molecule has 0 radical (unpaired) electrons. The van der Waals surface area contributed by atoms with Crippen LogP contribution in [0, 0.1) is 7.14 Å². The monoisotopic (exact) mass is 641 g/mol. The summed E-state index contributed by atoms with van der Waals surface area (Å²) >= 11 is 4.53. The molecule has 0 amide bonds. The Labute approximate surface area is 210 Å². The minimum atomic E-state index is -0.0591. The number of benzene rings is 3. The molecule has 0 spiro atoms. The molecule has 0 bridgehead atoms. The number of hydrogen-bond donors (Lipinski definition) is 2. The standard InChI is InChI=1S/C25H25I2NO3/c26-23-15-18(16-24(27)25(23)31-22-12-10-21(30)11-13-22)14-19(28)7-9-20(29)8-6-17-4-2-1-3-5-17/h1-5,10-13,15-16,19,30H,6-9,14,28H2/t19-/m1/s1. The topological polar surface area (TPSA) is 72.6 Å². The zero-order valence-corrected chi connectivity index (χ0v) is 21.4. The van der Waals surface area contributed by atoms with Gasteiger partial charge in [-0.1, -0.05) is 30.3 Å². The molecule has 0 unspecified atom stereocenters. The van der Waals surface area contributed by atoms with Crippen molar-refractivity contribution in [3.05, 3.63) is 85.0 Å². The highest BCUT2D eigenvalue weighted by molar-refractivity contribution is 14.1. The lowest BCUT2D eigenvalue weighted by molar-refractivity contribution is -0.119. The Hall–Kier alpha value is -1.65. The zero-order valence-electron chi connectivity index (χ0n) is 17.1. The van der Waals surface area contributed by atoms with Crippen LogP contribution >= 0.6 is 45.2 Å². The van der Waals surface area contributed by atoms with Gasteiger partial charge in [0.05, 0.1) is 7.14 Å². The molecule has 162 valence electrons. The number of aromatic hydroxyl groups is 1. The molecule has 1 atom stereocenters. The second kappa shape index (κ2) is 11.8. The van der Waals surface area contributed by atoms with E-state index in [9.17, 15) is 9.90 Å². The van der Waals surface area contributed by atoms with Crippen molar-refractivity contribution < 1.29 is 14.6 Å². The van der Waals surface area contributed by atoms with Crippen LogP contribution in [0.1, 0.15) is 30.4 Å². The number of nitrogens with two attached hydrogens (primary N) is 1. The molecule has 6 heteroatoms. The van der Waals surface area contributed by atoms with Crippen LogP contribution in [0.5, 0.6) is 17.2 Å². The highest BCUT2D eigenvalue weighted by Gasteiger charge is 2.14. The van der Waals surface area contributed by atoms with E-state index in [4.69, 9.17) is 10.5 Å². The van der Waals surface area contributed by atoms with E-state index in [0.29, 0.717) is 25.0 Å². The molecule has 0 saturated carbocycles. The van der Waals surface area contributed by atoms with E-state index in [1.54, 1.807) is 24.3 Å². The van der Waals surface area contributed by atoms with Crippen molar-refractivity contribution in [1.82, 2.24) is 0 Å². The molecular weight excluding hydrogens is 616 g/mol. The third-order valence-corrected chi connectivity index (χ3v) is 6.54. The van der Waals surface area contributed by atoms with Crippen molar-refractivity contribution in [2.45, 2.75) is 38.1 Å². The lowest BCUT2D eigenvalue weighted by atomic mass is 9.99. The van der Waals surface area contributed by atoms with E-state index in [2.05, 4.69) is 69.4 Å². The van der Waals surface area contributed by atoms with E-state index in [0.717, 1.165) is 31.3 Å². The summed E-state index contributed by atoms with van der Waals surface area (Å²) in [5, 5.41) is 9.42.